The molecule has 4 heterocycles. The van der Waals surface area contributed by atoms with Crippen LogP contribution in [0, 0.1) is 0 Å². The second-order valence-electron chi connectivity index (χ2n) is 10.6. The topological polar surface area (TPSA) is 0 Å². The van der Waals surface area contributed by atoms with Crippen molar-refractivity contribution in [3.05, 3.63) is 131 Å². The molecule has 0 fully saturated rings. The van der Waals surface area contributed by atoms with Crippen LogP contribution in [0.15, 0.2) is 131 Å². The van der Waals surface area contributed by atoms with Crippen molar-refractivity contribution < 1.29 is 0 Å². The predicted octanol–water partition coefficient (Wildman–Crippen LogP) is 13.2. The van der Waals surface area contributed by atoms with Gasteiger partial charge in [-0.3, -0.25) is 0 Å². The highest BCUT2D eigenvalue weighted by molar-refractivity contribution is 7.14. The zero-order valence-electron chi connectivity index (χ0n) is 22.3. The van der Waals surface area contributed by atoms with Gasteiger partial charge in [-0.05, 0) is 148 Å². The summed E-state index contributed by atoms with van der Waals surface area (Å²) >= 11 is 7.23. The van der Waals surface area contributed by atoms with Gasteiger partial charge in [0, 0.05) is 19.5 Å². The molecule has 42 heavy (non-hydrogen) atoms. The van der Waals surface area contributed by atoms with Gasteiger partial charge in [-0.15, -0.1) is 45.3 Å². The SMILES string of the molecule is c1csc(-c2ccc(-c3cccs3)c3cc4cc5cc6c(-c7cccs7)ccc(-c7cccs7)c6cc5cc4cc23)c1. The summed E-state index contributed by atoms with van der Waals surface area (Å²) in [6, 6.07) is 41.2. The third-order valence-corrected chi connectivity index (χ3v) is 11.8. The van der Waals surface area contributed by atoms with Gasteiger partial charge in [-0.2, -0.15) is 0 Å². The van der Waals surface area contributed by atoms with Crippen LogP contribution in [0.3, 0.4) is 0 Å². The van der Waals surface area contributed by atoms with Crippen LogP contribution in [0.5, 0.6) is 0 Å². The van der Waals surface area contributed by atoms with E-state index >= 15 is 0 Å². The maximum atomic E-state index is 2.42. The minimum atomic E-state index is 1.28. The van der Waals surface area contributed by atoms with Crippen LogP contribution in [0.2, 0.25) is 0 Å². The van der Waals surface area contributed by atoms with Crippen LogP contribution in [0.1, 0.15) is 0 Å². The monoisotopic (exact) mass is 606 g/mol. The van der Waals surface area contributed by atoms with E-state index in [0.717, 1.165) is 0 Å². The minimum Gasteiger partial charge on any atom is -0.144 e. The van der Waals surface area contributed by atoms with Crippen LogP contribution in [-0.4, -0.2) is 0 Å². The molecule has 4 aromatic heterocycles. The molecule has 5 aromatic carbocycles. The molecular weight excluding hydrogens is 585 g/mol. The molecule has 0 radical (unpaired) electrons. The van der Waals surface area contributed by atoms with Crippen LogP contribution in [0.25, 0.3) is 84.9 Å². The highest BCUT2D eigenvalue weighted by Gasteiger charge is 2.15. The largest absolute Gasteiger partial charge is 0.144 e. The fraction of sp³-hybridized carbons (Fsp3) is 0. The number of benzene rings is 5. The fourth-order valence-corrected chi connectivity index (χ4v) is 9.34. The Labute approximate surface area is 259 Å². The second kappa shape index (κ2) is 9.75. The Morgan fingerprint density at radius 2 is 0.548 bits per heavy atom. The molecule has 0 saturated heterocycles. The maximum Gasteiger partial charge on any atom is 0.0348 e. The molecule has 4 heteroatoms. The standard InChI is InChI=1S/C38H22S4/c1-5-35(39-13-1)27-9-10-28(36-6-2-14-40-36)32-20-24-18-26-22-34-30(38-8-4-16-42-38)12-11-29(37-7-3-15-41-37)33(34)21-25(26)17-23(24)19-31(27)32/h1-22H. The molecule has 0 aliphatic rings. The first-order valence-electron chi connectivity index (χ1n) is 13.9. The first-order valence-corrected chi connectivity index (χ1v) is 17.4. The third-order valence-electron chi connectivity index (χ3n) is 8.21. The van der Waals surface area contributed by atoms with Crippen molar-refractivity contribution >= 4 is 88.4 Å². The van der Waals surface area contributed by atoms with E-state index in [0.29, 0.717) is 0 Å². The Morgan fingerprint density at radius 1 is 0.286 bits per heavy atom. The molecular formula is C38H22S4. The minimum absolute atomic E-state index is 1.28. The van der Waals surface area contributed by atoms with Crippen molar-refractivity contribution in [2.75, 3.05) is 0 Å². The van der Waals surface area contributed by atoms with Gasteiger partial charge in [0.15, 0.2) is 0 Å². The molecule has 9 rings (SSSR count). The average molecular weight is 607 g/mol. The number of hydrogen-bond acceptors (Lipinski definition) is 4. The zero-order chi connectivity index (χ0) is 27.6. The van der Waals surface area contributed by atoms with E-state index in [9.17, 15) is 0 Å². The third kappa shape index (κ3) is 3.91. The Morgan fingerprint density at radius 3 is 0.762 bits per heavy atom. The predicted molar refractivity (Wildman–Crippen MR) is 190 cm³/mol. The van der Waals surface area contributed by atoms with Gasteiger partial charge in [-0.25, -0.2) is 0 Å². The lowest BCUT2D eigenvalue weighted by Crippen LogP contribution is -1.87. The van der Waals surface area contributed by atoms with Crippen molar-refractivity contribution in [3.8, 4) is 41.8 Å². The van der Waals surface area contributed by atoms with Crippen LogP contribution < -0.4 is 0 Å². The number of fused-ring (bicyclic) bond motifs is 4. The van der Waals surface area contributed by atoms with Gasteiger partial charge in [-0.1, -0.05) is 48.5 Å². The first-order chi connectivity index (χ1) is 20.8. The molecule has 0 aliphatic carbocycles. The van der Waals surface area contributed by atoms with Crippen molar-refractivity contribution in [1.82, 2.24) is 0 Å². The Balaban J connectivity index is 1.36. The highest BCUT2D eigenvalue weighted by atomic mass is 32.1. The smallest absolute Gasteiger partial charge is 0.0348 e. The number of thiophene rings is 4. The van der Waals surface area contributed by atoms with Crippen LogP contribution in [-0.2, 0) is 0 Å². The van der Waals surface area contributed by atoms with Crippen LogP contribution in [0.4, 0.5) is 0 Å². The fourth-order valence-electron chi connectivity index (χ4n) is 6.27. The van der Waals surface area contributed by atoms with Gasteiger partial charge in [0.1, 0.15) is 0 Å². The molecule has 0 saturated carbocycles. The Kier molecular flexibility index (Phi) is 5.70. The van der Waals surface area contributed by atoms with Crippen molar-refractivity contribution in [2.45, 2.75) is 0 Å². The Bertz CT molecular complexity index is 2040. The molecule has 0 N–H and O–H groups in total. The molecule has 0 atom stereocenters. The summed E-state index contributed by atoms with van der Waals surface area (Å²) in [6.45, 7) is 0. The second-order valence-corrected chi connectivity index (χ2v) is 14.4. The zero-order valence-corrected chi connectivity index (χ0v) is 25.6. The highest BCUT2D eigenvalue weighted by Crippen LogP contribution is 2.43. The summed E-state index contributed by atoms with van der Waals surface area (Å²) in [5, 5.41) is 19.1. The molecule has 0 amide bonds. The lowest BCUT2D eigenvalue weighted by Gasteiger charge is -2.14. The molecule has 0 unspecified atom stereocenters. The summed E-state index contributed by atoms with van der Waals surface area (Å²) in [5.41, 5.74) is 5.23. The quantitative estimate of drug-likeness (QED) is 0.175. The molecule has 9 aromatic rings. The lowest BCUT2D eigenvalue weighted by atomic mass is 9.91. The molecule has 198 valence electrons. The van der Waals surface area contributed by atoms with E-state index in [4.69, 9.17) is 0 Å². The maximum absolute atomic E-state index is 2.42. The number of hydrogen-bond donors (Lipinski definition) is 0. The first kappa shape index (κ1) is 24.5. The van der Waals surface area contributed by atoms with Crippen molar-refractivity contribution in [2.24, 2.45) is 0 Å². The van der Waals surface area contributed by atoms with Crippen molar-refractivity contribution in [3.63, 3.8) is 0 Å². The van der Waals surface area contributed by atoms with E-state index in [1.807, 2.05) is 45.3 Å². The van der Waals surface area contributed by atoms with E-state index in [1.165, 1.54) is 84.9 Å². The van der Waals surface area contributed by atoms with Gasteiger partial charge in [0.25, 0.3) is 0 Å². The molecule has 0 nitrogen and oxygen atoms in total. The van der Waals surface area contributed by atoms with E-state index in [-0.39, 0.29) is 0 Å². The summed E-state index contributed by atoms with van der Waals surface area (Å²) in [6.07, 6.45) is 0. The average Bonchev–Trinajstić information content (AvgIpc) is 3.85. The van der Waals surface area contributed by atoms with Gasteiger partial charge >= 0.3 is 0 Å². The van der Waals surface area contributed by atoms with Crippen LogP contribution >= 0.6 is 45.3 Å². The van der Waals surface area contributed by atoms with E-state index in [1.54, 1.807) is 0 Å². The van der Waals surface area contributed by atoms with E-state index in [2.05, 4.69) is 131 Å². The van der Waals surface area contributed by atoms with Crippen molar-refractivity contribution in [1.29, 1.82) is 0 Å². The molecule has 0 spiro atoms. The molecule has 0 bridgehead atoms. The normalized spacial score (nSPS) is 11.8. The molecule has 0 aliphatic heterocycles. The summed E-state index contributed by atoms with van der Waals surface area (Å²) < 4.78 is 0. The lowest BCUT2D eigenvalue weighted by molar-refractivity contribution is 1.74. The van der Waals surface area contributed by atoms with E-state index < -0.39 is 0 Å². The van der Waals surface area contributed by atoms with Gasteiger partial charge in [0.2, 0.25) is 0 Å². The van der Waals surface area contributed by atoms with Gasteiger partial charge in [0.05, 0.1) is 0 Å². The number of rotatable bonds is 4. The summed E-state index contributed by atoms with van der Waals surface area (Å²) in [4.78, 5) is 5.24. The summed E-state index contributed by atoms with van der Waals surface area (Å²) in [7, 11) is 0. The summed E-state index contributed by atoms with van der Waals surface area (Å²) in [5.74, 6) is 0. The van der Waals surface area contributed by atoms with Gasteiger partial charge < -0.3 is 0 Å². The Hall–Kier alpha value is -4.06.